The smallest absolute Gasteiger partial charge is 0.257 e. The highest BCUT2D eigenvalue weighted by Crippen LogP contribution is 2.17. The van der Waals surface area contributed by atoms with Crippen molar-refractivity contribution in [2.75, 3.05) is 6.61 Å². The van der Waals surface area contributed by atoms with Crippen LogP contribution in [0.25, 0.3) is 0 Å². The highest BCUT2D eigenvalue weighted by Gasteiger charge is 2.17. The summed E-state index contributed by atoms with van der Waals surface area (Å²) >= 11 is 1.51. The molecule has 20 heavy (non-hydrogen) atoms. The highest BCUT2D eigenvalue weighted by molar-refractivity contribution is 7.10. The van der Waals surface area contributed by atoms with Gasteiger partial charge in [-0.2, -0.15) is 0 Å². The number of thiophene rings is 1. The van der Waals surface area contributed by atoms with Crippen molar-refractivity contribution in [3.63, 3.8) is 0 Å². The number of amides is 1. The molecule has 0 saturated heterocycles. The van der Waals surface area contributed by atoms with E-state index in [0.717, 1.165) is 10.4 Å². The summed E-state index contributed by atoms with van der Waals surface area (Å²) in [6.07, 6.45) is 0. The molecule has 5 nitrogen and oxygen atoms in total. The molecule has 0 unspecified atom stereocenters. The summed E-state index contributed by atoms with van der Waals surface area (Å²) in [5.41, 5.74) is 1.87. The minimum absolute atomic E-state index is 0.180. The van der Waals surface area contributed by atoms with Crippen molar-refractivity contribution in [1.29, 1.82) is 0 Å². The lowest BCUT2D eigenvalue weighted by Crippen LogP contribution is -2.23. The normalized spacial score (nSPS) is 9.95. The number of nitrogens with zero attached hydrogens (tertiary/aromatic N) is 1. The molecule has 0 saturated carbocycles. The van der Waals surface area contributed by atoms with E-state index in [1.807, 2.05) is 11.4 Å². The van der Waals surface area contributed by atoms with Crippen LogP contribution in [0.3, 0.4) is 0 Å². The molecule has 6 heteroatoms. The third kappa shape index (κ3) is 3.07. The Morgan fingerprint density at radius 2 is 2.35 bits per heavy atom. The number of aliphatic hydroxyl groups excluding tert-OH is 1. The molecule has 2 heterocycles. The first kappa shape index (κ1) is 14.3. The summed E-state index contributed by atoms with van der Waals surface area (Å²) in [6.45, 7) is 3.64. The van der Waals surface area contributed by atoms with Gasteiger partial charge < -0.3 is 14.9 Å². The molecule has 0 fully saturated rings. The molecule has 0 aliphatic rings. The van der Waals surface area contributed by atoms with Gasteiger partial charge >= 0.3 is 0 Å². The van der Waals surface area contributed by atoms with Gasteiger partial charge in [0.2, 0.25) is 0 Å². The lowest BCUT2D eigenvalue weighted by atomic mass is 10.2. The zero-order valence-corrected chi connectivity index (χ0v) is 12.0. The van der Waals surface area contributed by atoms with E-state index in [1.54, 1.807) is 13.8 Å². The number of hydrogen-bond acceptors (Lipinski definition) is 5. The predicted octanol–water partition coefficient (Wildman–Crippen LogP) is 1.63. The predicted molar refractivity (Wildman–Crippen MR) is 75.4 cm³/mol. The minimum Gasteiger partial charge on any atom is -0.384 e. The van der Waals surface area contributed by atoms with Crippen LogP contribution >= 0.6 is 11.3 Å². The molecule has 0 aliphatic carbocycles. The van der Waals surface area contributed by atoms with E-state index in [4.69, 9.17) is 9.63 Å². The zero-order chi connectivity index (χ0) is 14.5. The molecule has 0 radical (unpaired) electrons. The van der Waals surface area contributed by atoms with E-state index in [1.165, 1.54) is 11.3 Å². The molecule has 2 aromatic heterocycles. The second kappa shape index (κ2) is 6.37. The van der Waals surface area contributed by atoms with Gasteiger partial charge in [0, 0.05) is 10.4 Å². The van der Waals surface area contributed by atoms with Gasteiger partial charge in [-0.3, -0.25) is 4.79 Å². The summed E-state index contributed by atoms with van der Waals surface area (Å²) in [7, 11) is 0. The van der Waals surface area contributed by atoms with Crippen molar-refractivity contribution in [2.45, 2.75) is 20.4 Å². The number of nitrogens with one attached hydrogen (secondary N) is 1. The van der Waals surface area contributed by atoms with Crippen molar-refractivity contribution < 1.29 is 14.4 Å². The van der Waals surface area contributed by atoms with E-state index in [9.17, 15) is 4.79 Å². The van der Waals surface area contributed by atoms with Gasteiger partial charge in [-0.15, -0.1) is 11.3 Å². The Morgan fingerprint density at radius 1 is 1.55 bits per heavy atom. The molecule has 104 valence electrons. The van der Waals surface area contributed by atoms with Crippen LogP contribution in [0, 0.1) is 25.7 Å². The lowest BCUT2D eigenvalue weighted by molar-refractivity contribution is 0.0949. The maximum absolute atomic E-state index is 12.1. The summed E-state index contributed by atoms with van der Waals surface area (Å²) in [5, 5.41) is 17.2. The van der Waals surface area contributed by atoms with Crippen molar-refractivity contribution in [3.8, 4) is 11.8 Å². The Hall–Kier alpha value is -2.10. The van der Waals surface area contributed by atoms with Crippen LogP contribution in [-0.2, 0) is 6.54 Å². The van der Waals surface area contributed by atoms with Crippen molar-refractivity contribution in [2.24, 2.45) is 0 Å². The van der Waals surface area contributed by atoms with Crippen LogP contribution in [0.4, 0.5) is 0 Å². The molecular weight excluding hydrogens is 276 g/mol. The second-order valence-electron chi connectivity index (χ2n) is 4.10. The van der Waals surface area contributed by atoms with Crippen LogP contribution in [0.5, 0.6) is 0 Å². The van der Waals surface area contributed by atoms with E-state index in [0.29, 0.717) is 23.6 Å². The molecule has 2 N–H and O–H groups in total. The van der Waals surface area contributed by atoms with E-state index < -0.39 is 0 Å². The fourth-order valence-electron chi connectivity index (χ4n) is 1.78. The van der Waals surface area contributed by atoms with Gasteiger partial charge in [-0.1, -0.05) is 17.0 Å². The number of rotatable bonds is 3. The number of aromatic nitrogens is 1. The number of hydrogen-bond donors (Lipinski definition) is 2. The molecule has 0 bridgehead atoms. The van der Waals surface area contributed by atoms with Crippen LogP contribution in [0.1, 0.15) is 32.3 Å². The average molecular weight is 290 g/mol. The first-order chi connectivity index (χ1) is 9.63. The largest absolute Gasteiger partial charge is 0.384 e. The van der Waals surface area contributed by atoms with Crippen LogP contribution in [0.2, 0.25) is 0 Å². The molecule has 1 amide bonds. The Bertz CT molecular complexity index is 657. The Kier molecular flexibility index (Phi) is 4.56. The van der Waals surface area contributed by atoms with Crippen molar-refractivity contribution in [1.82, 2.24) is 10.5 Å². The van der Waals surface area contributed by atoms with Gasteiger partial charge in [-0.05, 0) is 25.3 Å². The standard InChI is InChI=1S/C14H14N2O3S/c1-9-13(10(2)19-16-9)14(18)15-8-12-11(4-3-6-17)5-7-20-12/h5,7,17H,6,8H2,1-2H3,(H,15,18). The van der Waals surface area contributed by atoms with Gasteiger partial charge in [0.25, 0.3) is 5.91 Å². The first-order valence-corrected chi connectivity index (χ1v) is 6.88. The van der Waals surface area contributed by atoms with Gasteiger partial charge in [0.15, 0.2) is 0 Å². The number of carbonyl (C=O) groups excluding carboxylic acids is 1. The van der Waals surface area contributed by atoms with Gasteiger partial charge in [0.05, 0.1) is 12.2 Å². The molecule has 2 rings (SSSR count). The van der Waals surface area contributed by atoms with Gasteiger partial charge in [0.1, 0.15) is 17.9 Å². The molecule has 0 spiro atoms. The Labute approximate surface area is 120 Å². The second-order valence-corrected chi connectivity index (χ2v) is 5.10. The minimum atomic E-state index is -0.212. The van der Waals surface area contributed by atoms with Crippen LogP contribution in [0.15, 0.2) is 16.0 Å². The van der Waals surface area contributed by atoms with E-state index in [-0.39, 0.29) is 12.5 Å². The summed E-state index contributed by atoms with van der Waals surface area (Å²) in [6, 6.07) is 1.87. The third-order valence-corrected chi connectivity index (χ3v) is 3.64. The quantitative estimate of drug-likeness (QED) is 0.842. The van der Waals surface area contributed by atoms with Crippen LogP contribution < -0.4 is 5.32 Å². The van der Waals surface area contributed by atoms with Gasteiger partial charge in [-0.25, -0.2) is 0 Å². The summed E-state index contributed by atoms with van der Waals surface area (Å²) in [5.74, 6) is 5.75. The molecule has 0 aromatic carbocycles. The fraction of sp³-hybridized carbons (Fsp3) is 0.286. The maximum Gasteiger partial charge on any atom is 0.257 e. The Balaban J connectivity index is 2.06. The van der Waals surface area contributed by atoms with E-state index >= 15 is 0 Å². The molecule has 2 aromatic rings. The highest BCUT2D eigenvalue weighted by atomic mass is 32.1. The number of aryl methyl sites for hydroxylation is 2. The lowest BCUT2D eigenvalue weighted by Gasteiger charge is -2.03. The summed E-state index contributed by atoms with van der Waals surface area (Å²) in [4.78, 5) is 13.0. The first-order valence-electron chi connectivity index (χ1n) is 6.00. The Morgan fingerprint density at radius 3 is 3.00 bits per heavy atom. The summed E-state index contributed by atoms with van der Waals surface area (Å²) < 4.78 is 4.97. The zero-order valence-electron chi connectivity index (χ0n) is 11.2. The third-order valence-electron chi connectivity index (χ3n) is 2.72. The van der Waals surface area contributed by atoms with Crippen molar-refractivity contribution in [3.05, 3.63) is 38.9 Å². The average Bonchev–Trinajstić information content (AvgIpc) is 3.00. The molecular formula is C14H14N2O3S. The SMILES string of the molecule is Cc1noc(C)c1C(=O)NCc1sccc1C#CCO. The van der Waals surface area contributed by atoms with Crippen LogP contribution in [-0.4, -0.2) is 22.8 Å². The fourth-order valence-corrected chi connectivity index (χ4v) is 2.55. The topological polar surface area (TPSA) is 75.4 Å². The molecule has 0 atom stereocenters. The molecule has 0 aliphatic heterocycles. The maximum atomic E-state index is 12.1. The van der Waals surface area contributed by atoms with E-state index in [2.05, 4.69) is 22.3 Å². The number of aliphatic hydroxyl groups is 1. The number of carbonyl (C=O) groups is 1. The van der Waals surface area contributed by atoms with Crippen molar-refractivity contribution >= 4 is 17.2 Å². The monoisotopic (exact) mass is 290 g/mol.